The van der Waals surface area contributed by atoms with Crippen LogP contribution in [-0.2, 0) is 9.53 Å². The van der Waals surface area contributed by atoms with Crippen molar-refractivity contribution in [3.63, 3.8) is 0 Å². The Kier molecular flexibility index (Phi) is 3.36. The van der Waals surface area contributed by atoms with Gasteiger partial charge in [-0.1, -0.05) is 6.08 Å². The van der Waals surface area contributed by atoms with E-state index in [0.717, 1.165) is 0 Å². The van der Waals surface area contributed by atoms with Crippen LogP contribution >= 0.6 is 0 Å². The number of hydrogen-bond acceptors (Lipinski definition) is 5. The minimum absolute atomic E-state index is 0.0139. The predicted molar refractivity (Wildman–Crippen MR) is 64.0 cm³/mol. The van der Waals surface area contributed by atoms with Gasteiger partial charge in [0.1, 0.15) is 0 Å². The second-order valence-corrected chi connectivity index (χ2v) is 3.96. The summed E-state index contributed by atoms with van der Waals surface area (Å²) in [5, 5.41) is 0. The molecule has 1 aromatic heterocycles. The molecule has 1 aromatic rings. The van der Waals surface area contributed by atoms with Gasteiger partial charge in [-0.3, -0.25) is 9.69 Å². The number of rotatable bonds is 3. The summed E-state index contributed by atoms with van der Waals surface area (Å²) in [6.07, 6.45) is 4.89. The Labute approximate surface area is 104 Å². The van der Waals surface area contributed by atoms with Crippen LogP contribution in [-0.4, -0.2) is 35.5 Å². The quantitative estimate of drug-likeness (QED) is 0.583. The zero-order chi connectivity index (χ0) is 13.1. The van der Waals surface area contributed by atoms with Crippen molar-refractivity contribution in [2.75, 3.05) is 18.6 Å². The second kappa shape index (κ2) is 4.95. The Bertz CT molecular complexity index is 484. The lowest BCUT2D eigenvalue weighted by Gasteiger charge is -2.14. The predicted octanol–water partition coefficient (Wildman–Crippen LogP) is 0.802. The molecule has 1 unspecified atom stereocenters. The molecule has 0 radical (unpaired) electrons. The number of hydrogen-bond donors (Lipinski definition) is 0. The molecule has 18 heavy (non-hydrogen) atoms. The maximum atomic E-state index is 11.7. The fourth-order valence-electron chi connectivity index (χ4n) is 1.79. The SMILES string of the molecule is C=CC1CC(=O)N(c2cnc(C(=O)OC)cn2)C1. The van der Waals surface area contributed by atoms with Crippen LogP contribution in [0.25, 0.3) is 0 Å². The normalized spacial score (nSPS) is 18.8. The van der Waals surface area contributed by atoms with Crippen LogP contribution in [0.5, 0.6) is 0 Å². The van der Waals surface area contributed by atoms with Gasteiger partial charge >= 0.3 is 5.97 Å². The van der Waals surface area contributed by atoms with Crippen molar-refractivity contribution in [2.45, 2.75) is 6.42 Å². The Morgan fingerprint density at radius 1 is 1.56 bits per heavy atom. The molecule has 0 bridgehead atoms. The molecular formula is C12H13N3O3. The number of nitrogens with zero attached hydrogens (tertiary/aromatic N) is 3. The van der Waals surface area contributed by atoms with Crippen LogP contribution < -0.4 is 4.90 Å². The van der Waals surface area contributed by atoms with E-state index in [1.165, 1.54) is 19.5 Å². The molecule has 6 nitrogen and oxygen atoms in total. The fraction of sp³-hybridized carbons (Fsp3) is 0.333. The van der Waals surface area contributed by atoms with Crippen LogP contribution in [0.1, 0.15) is 16.9 Å². The van der Waals surface area contributed by atoms with E-state index >= 15 is 0 Å². The third-order valence-electron chi connectivity index (χ3n) is 2.80. The molecule has 1 aliphatic rings. The molecule has 0 N–H and O–H groups in total. The van der Waals surface area contributed by atoms with Gasteiger partial charge in [0.2, 0.25) is 5.91 Å². The minimum atomic E-state index is -0.550. The molecule has 1 atom stereocenters. The standard InChI is InChI=1S/C12H13N3O3/c1-3-8-4-11(16)15(7-8)10-6-13-9(5-14-10)12(17)18-2/h3,5-6,8H,1,4,7H2,2H3. The van der Waals surface area contributed by atoms with Gasteiger partial charge in [0.15, 0.2) is 11.5 Å². The highest BCUT2D eigenvalue weighted by Crippen LogP contribution is 2.23. The molecular weight excluding hydrogens is 234 g/mol. The first-order valence-electron chi connectivity index (χ1n) is 5.49. The van der Waals surface area contributed by atoms with Crippen molar-refractivity contribution in [1.29, 1.82) is 0 Å². The van der Waals surface area contributed by atoms with Gasteiger partial charge in [-0.15, -0.1) is 6.58 Å². The number of ether oxygens (including phenoxy) is 1. The monoisotopic (exact) mass is 247 g/mol. The summed E-state index contributed by atoms with van der Waals surface area (Å²) in [7, 11) is 1.27. The first-order valence-corrected chi connectivity index (χ1v) is 5.49. The number of amides is 1. The minimum Gasteiger partial charge on any atom is -0.464 e. The molecule has 0 saturated carbocycles. The largest absolute Gasteiger partial charge is 0.464 e. The Morgan fingerprint density at radius 2 is 2.33 bits per heavy atom. The third kappa shape index (κ3) is 2.22. The Balaban J connectivity index is 2.17. The summed E-state index contributed by atoms with van der Waals surface area (Å²) in [5.41, 5.74) is 0.119. The Hall–Kier alpha value is -2.24. The number of carbonyl (C=O) groups excluding carboxylic acids is 2. The molecule has 1 amide bonds. The van der Waals surface area contributed by atoms with E-state index in [-0.39, 0.29) is 17.5 Å². The van der Waals surface area contributed by atoms with Crippen molar-refractivity contribution >= 4 is 17.7 Å². The number of aromatic nitrogens is 2. The van der Waals surface area contributed by atoms with Crippen LogP contribution in [0.2, 0.25) is 0 Å². The summed E-state index contributed by atoms with van der Waals surface area (Å²) in [6, 6.07) is 0. The molecule has 0 aromatic carbocycles. The summed E-state index contributed by atoms with van der Waals surface area (Å²) < 4.78 is 4.52. The molecule has 94 valence electrons. The maximum Gasteiger partial charge on any atom is 0.358 e. The van der Waals surface area contributed by atoms with E-state index in [0.29, 0.717) is 18.8 Å². The second-order valence-electron chi connectivity index (χ2n) is 3.96. The summed E-state index contributed by atoms with van der Waals surface area (Å²) in [5.74, 6) is 0.0161. The average molecular weight is 247 g/mol. The van der Waals surface area contributed by atoms with Gasteiger partial charge in [0.05, 0.1) is 19.5 Å². The molecule has 6 heteroatoms. The van der Waals surface area contributed by atoms with E-state index in [2.05, 4.69) is 21.3 Å². The third-order valence-corrected chi connectivity index (χ3v) is 2.80. The lowest BCUT2D eigenvalue weighted by molar-refractivity contribution is -0.117. The van der Waals surface area contributed by atoms with E-state index in [1.807, 2.05) is 0 Å². The highest BCUT2D eigenvalue weighted by atomic mass is 16.5. The first kappa shape index (κ1) is 12.2. The molecule has 2 heterocycles. The average Bonchev–Trinajstić information content (AvgIpc) is 2.79. The number of anilines is 1. The van der Waals surface area contributed by atoms with Crippen LogP contribution in [0.3, 0.4) is 0 Å². The molecule has 2 rings (SSSR count). The van der Waals surface area contributed by atoms with Gasteiger partial charge in [-0.05, 0) is 0 Å². The Morgan fingerprint density at radius 3 is 2.83 bits per heavy atom. The molecule has 1 aliphatic heterocycles. The van der Waals surface area contributed by atoms with Gasteiger partial charge in [0.25, 0.3) is 0 Å². The summed E-state index contributed by atoms with van der Waals surface area (Å²) in [6.45, 7) is 4.23. The summed E-state index contributed by atoms with van der Waals surface area (Å²) >= 11 is 0. The van der Waals surface area contributed by atoms with Gasteiger partial charge < -0.3 is 4.74 Å². The van der Waals surface area contributed by atoms with Crippen LogP contribution in [0.15, 0.2) is 25.0 Å². The molecule has 0 aliphatic carbocycles. The van der Waals surface area contributed by atoms with Gasteiger partial charge in [-0.25, -0.2) is 14.8 Å². The highest BCUT2D eigenvalue weighted by molar-refractivity contribution is 5.95. The van der Waals surface area contributed by atoms with Crippen molar-refractivity contribution in [3.8, 4) is 0 Å². The zero-order valence-corrected chi connectivity index (χ0v) is 10.00. The van der Waals surface area contributed by atoms with Crippen molar-refractivity contribution < 1.29 is 14.3 Å². The number of esters is 1. The van der Waals surface area contributed by atoms with Gasteiger partial charge in [-0.2, -0.15) is 0 Å². The van der Waals surface area contributed by atoms with Crippen molar-refractivity contribution in [1.82, 2.24) is 9.97 Å². The highest BCUT2D eigenvalue weighted by Gasteiger charge is 2.29. The van der Waals surface area contributed by atoms with Crippen molar-refractivity contribution in [2.24, 2.45) is 5.92 Å². The molecule has 0 spiro atoms. The molecule has 1 saturated heterocycles. The smallest absolute Gasteiger partial charge is 0.358 e. The maximum absolute atomic E-state index is 11.7. The fourth-order valence-corrected chi connectivity index (χ4v) is 1.79. The first-order chi connectivity index (χ1) is 8.65. The lowest BCUT2D eigenvalue weighted by atomic mass is 10.1. The van der Waals surface area contributed by atoms with Crippen molar-refractivity contribution in [3.05, 3.63) is 30.7 Å². The molecule has 1 fully saturated rings. The lowest BCUT2D eigenvalue weighted by Crippen LogP contribution is -2.25. The van der Waals surface area contributed by atoms with E-state index < -0.39 is 5.97 Å². The van der Waals surface area contributed by atoms with E-state index in [4.69, 9.17) is 0 Å². The summed E-state index contributed by atoms with van der Waals surface area (Å²) in [4.78, 5) is 32.4. The number of carbonyl (C=O) groups is 2. The number of methoxy groups -OCH3 is 1. The van der Waals surface area contributed by atoms with E-state index in [1.54, 1.807) is 11.0 Å². The van der Waals surface area contributed by atoms with Crippen LogP contribution in [0, 0.1) is 5.92 Å². The van der Waals surface area contributed by atoms with Gasteiger partial charge in [0, 0.05) is 18.9 Å². The van der Waals surface area contributed by atoms with E-state index in [9.17, 15) is 9.59 Å². The van der Waals surface area contributed by atoms with Crippen LogP contribution in [0.4, 0.5) is 5.82 Å². The zero-order valence-electron chi connectivity index (χ0n) is 10.00. The topological polar surface area (TPSA) is 72.4 Å².